The first-order valence-electron chi connectivity index (χ1n) is 7.41. The lowest BCUT2D eigenvalue weighted by molar-refractivity contribution is 0.316. The maximum atomic E-state index is 11.8. The zero-order valence-corrected chi connectivity index (χ0v) is 16.3. The van der Waals surface area contributed by atoms with Crippen LogP contribution in [0.3, 0.4) is 0 Å². The fourth-order valence-corrected chi connectivity index (χ4v) is 2.85. The number of rotatable bonds is 8. The molecule has 1 aliphatic rings. The van der Waals surface area contributed by atoms with Crippen LogP contribution in [0.5, 0.6) is 0 Å². The highest BCUT2D eigenvalue weighted by Crippen LogP contribution is 2.25. The molecule has 6 nitrogen and oxygen atoms in total. The van der Waals surface area contributed by atoms with Crippen molar-refractivity contribution in [3.05, 3.63) is 0 Å². The lowest BCUT2D eigenvalue weighted by Gasteiger charge is -2.25. The molecule has 0 bridgehead atoms. The monoisotopic (exact) mass is 432 g/mol. The van der Waals surface area contributed by atoms with Gasteiger partial charge in [-0.25, -0.2) is 13.1 Å². The smallest absolute Gasteiger partial charge is 0.213 e. The van der Waals surface area contributed by atoms with Crippen LogP contribution in [0.15, 0.2) is 4.99 Å². The molecule has 126 valence electrons. The molecule has 8 heteroatoms. The molecule has 1 saturated carbocycles. The summed E-state index contributed by atoms with van der Waals surface area (Å²) in [5, 5.41) is 6.22. The quantitative estimate of drug-likeness (QED) is 0.307. The van der Waals surface area contributed by atoms with Gasteiger partial charge in [0.2, 0.25) is 10.0 Å². The van der Waals surface area contributed by atoms with E-state index in [1.807, 2.05) is 0 Å². The number of sulfonamides is 1. The number of hydrogen-bond acceptors (Lipinski definition) is 3. The summed E-state index contributed by atoms with van der Waals surface area (Å²) in [6.45, 7) is 5.09. The highest BCUT2D eigenvalue weighted by Gasteiger charge is 2.20. The average molecular weight is 432 g/mol. The summed E-state index contributed by atoms with van der Waals surface area (Å²) < 4.78 is 26.3. The number of nitrogens with one attached hydrogen (secondary N) is 3. The predicted octanol–water partition coefficient (Wildman–Crippen LogP) is 1.29. The summed E-state index contributed by atoms with van der Waals surface area (Å²) in [4.78, 5) is 4.07. The van der Waals surface area contributed by atoms with Crippen molar-refractivity contribution in [2.45, 2.75) is 45.6 Å². The number of hydrogen-bond donors (Lipinski definition) is 3. The van der Waals surface area contributed by atoms with Gasteiger partial charge in [0.1, 0.15) is 0 Å². The molecule has 0 radical (unpaired) electrons. The molecule has 0 aromatic heterocycles. The topological polar surface area (TPSA) is 82.6 Å². The van der Waals surface area contributed by atoms with Crippen molar-refractivity contribution in [3.8, 4) is 0 Å². The maximum Gasteiger partial charge on any atom is 0.213 e. The fraction of sp³-hybridized carbons (Fsp3) is 0.923. The van der Waals surface area contributed by atoms with Crippen LogP contribution >= 0.6 is 24.0 Å². The van der Waals surface area contributed by atoms with Gasteiger partial charge in [-0.05, 0) is 32.1 Å². The summed E-state index contributed by atoms with van der Waals surface area (Å²) in [6.07, 6.45) is 4.51. The lowest BCUT2D eigenvalue weighted by atomic mass is 9.86. The molecule has 1 atom stereocenters. The van der Waals surface area contributed by atoms with E-state index in [0.29, 0.717) is 31.0 Å². The summed E-state index contributed by atoms with van der Waals surface area (Å²) in [5.74, 6) is 1.26. The molecule has 1 rings (SSSR count). The standard InChI is InChI=1S/C13H28N4O2S.HI/c1-4-11(2)17-13(14-3)15-8-9-20(18,19)16-10-12-6-5-7-12;/h11-12,16H,4-10H2,1-3H3,(H2,14,15,17);1H. The van der Waals surface area contributed by atoms with Crippen LogP contribution in [0.25, 0.3) is 0 Å². The van der Waals surface area contributed by atoms with Crippen molar-refractivity contribution in [2.75, 3.05) is 25.9 Å². The minimum atomic E-state index is -3.19. The third-order valence-corrected chi connectivity index (χ3v) is 5.05. The van der Waals surface area contributed by atoms with Crippen LogP contribution < -0.4 is 15.4 Å². The van der Waals surface area contributed by atoms with Crippen LogP contribution in [0.2, 0.25) is 0 Å². The van der Waals surface area contributed by atoms with Gasteiger partial charge in [0, 0.05) is 26.2 Å². The van der Waals surface area contributed by atoms with Gasteiger partial charge in [0.25, 0.3) is 0 Å². The second-order valence-electron chi connectivity index (χ2n) is 5.42. The first-order valence-corrected chi connectivity index (χ1v) is 9.06. The molecule has 0 aromatic carbocycles. The van der Waals surface area contributed by atoms with Crippen molar-refractivity contribution in [3.63, 3.8) is 0 Å². The molecule has 1 unspecified atom stereocenters. The van der Waals surface area contributed by atoms with E-state index < -0.39 is 10.0 Å². The van der Waals surface area contributed by atoms with Gasteiger partial charge in [-0.15, -0.1) is 24.0 Å². The molecule has 3 N–H and O–H groups in total. The van der Waals surface area contributed by atoms with E-state index in [9.17, 15) is 8.42 Å². The molecular formula is C13H29IN4O2S. The van der Waals surface area contributed by atoms with E-state index in [1.165, 1.54) is 6.42 Å². The van der Waals surface area contributed by atoms with Gasteiger partial charge in [-0.1, -0.05) is 13.3 Å². The predicted molar refractivity (Wildman–Crippen MR) is 98.8 cm³/mol. The summed E-state index contributed by atoms with van der Waals surface area (Å²) in [5.41, 5.74) is 0. The van der Waals surface area contributed by atoms with E-state index in [2.05, 4.69) is 34.2 Å². The van der Waals surface area contributed by atoms with Crippen LogP contribution in [0.1, 0.15) is 39.5 Å². The number of halogens is 1. The van der Waals surface area contributed by atoms with E-state index in [1.54, 1.807) is 7.05 Å². The Hall–Kier alpha value is -0.0900. The Morgan fingerprint density at radius 1 is 1.38 bits per heavy atom. The highest BCUT2D eigenvalue weighted by atomic mass is 127. The Labute approximate surface area is 146 Å². The SMILES string of the molecule is CCC(C)NC(=NC)NCCS(=O)(=O)NCC1CCC1.I. The van der Waals surface area contributed by atoms with Crippen molar-refractivity contribution in [1.29, 1.82) is 0 Å². The van der Waals surface area contributed by atoms with Gasteiger partial charge < -0.3 is 10.6 Å². The molecule has 21 heavy (non-hydrogen) atoms. The van der Waals surface area contributed by atoms with E-state index in [-0.39, 0.29) is 29.7 Å². The van der Waals surface area contributed by atoms with Crippen LogP contribution in [-0.2, 0) is 10.0 Å². The zero-order chi connectivity index (χ0) is 15.0. The Kier molecular flexibility index (Phi) is 10.6. The van der Waals surface area contributed by atoms with Crippen LogP contribution in [0, 0.1) is 5.92 Å². The summed E-state index contributed by atoms with van der Waals surface area (Å²) in [6, 6.07) is 0.314. The van der Waals surface area contributed by atoms with Crippen LogP contribution in [-0.4, -0.2) is 46.3 Å². The van der Waals surface area contributed by atoms with Gasteiger partial charge in [-0.2, -0.15) is 0 Å². The minimum absolute atomic E-state index is 0. The fourth-order valence-electron chi connectivity index (χ4n) is 1.85. The number of nitrogens with zero attached hydrogens (tertiary/aromatic N) is 1. The highest BCUT2D eigenvalue weighted by molar-refractivity contribution is 14.0. The Morgan fingerprint density at radius 2 is 2.05 bits per heavy atom. The molecule has 0 aromatic rings. The molecule has 0 amide bonds. The molecule has 1 aliphatic carbocycles. The molecule has 0 heterocycles. The number of guanidine groups is 1. The largest absolute Gasteiger partial charge is 0.355 e. The zero-order valence-electron chi connectivity index (χ0n) is 13.2. The Morgan fingerprint density at radius 3 is 2.52 bits per heavy atom. The van der Waals surface area contributed by atoms with Gasteiger partial charge in [0.15, 0.2) is 5.96 Å². The van der Waals surface area contributed by atoms with Gasteiger partial charge in [-0.3, -0.25) is 4.99 Å². The molecule has 0 spiro atoms. The Balaban J connectivity index is 0.00000400. The third-order valence-electron chi connectivity index (χ3n) is 3.70. The molecule has 0 saturated heterocycles. The van der Waals surface area contributed by atoms with Crippen molar-refractivity contribution in [2.24, 2.45) is 10.9 Å². The minimum Gasteiger partial charge on any atom is -0.355 e. The molecule has 0 aliphatic heterocycles. The average Bonchev–Trinajstić information content (AvgIpc) is 2.35. The number of aliphatic imine (C=N–C) groups is 1. The Bertz CT molecular complexity index is 410. The first kappa shape index (κ1) is 20.9. The van der Waals surface area contributed by atoms with E-state index >= 15 is 0 Å². The van der Waals surface area contributed by atoms with Crippen molar-refractivity contribution < 1.29 is 8.42 Å². The normalized spacial score (nSPS) is 17.6. The van der Waals surface area contributed by atoms with Crippen molar-refractivity contribution >= 4 is 40.0 Å². The summed E-state index contributed by atoms with van der Waals surface area (Å²) >= 11 is 0. The van der Waals surface area contributed by atoms with Crippen LogP contribution in [0.4, 0.5) is 0 Å². The third kappa shape index (κ3) is 8.82. The van der Waals surface area contributed by atoms with E-state index in [4.69, 9.17) is 0 Å². The maximum absolute atomic E-state index is 11.8. The summed E-state index contributed by atoms with van der Waals surface area (Å²) in [7, 11) is -1.50. The van der Waals surface area contributed by atoms with Gasteiger partial charge >= 0.3 is 0 Å². The van der Waals surface area contributed by atoms with Gasteiger partial charge in [0.05, 0.1) is 5.75 Å². The molecule has 1 fully saturated rings. The second-order valence-corrected chi connectivity index (χ2v) is 7.34. The van der Waals surface area contributed by atoms with E-state index in [0.717, 1.165) is 19.3 Å². The van der Waals surface area contributed by atoms with Crippen molar-refractivity contribution in [1.82, 2.24) is 15.4 Å². The second kappa shape index (κ2) is 10.6. The molecular weight excluding hydrogens is 403 g/mol. The lowest BCUT2D eigenvalue weighted by Crippen LogP contribution is -2.44. The first-order chi connectivity index (χ1) is 9.46.